The minimum atomic E-state index is 0.0692. The van der Waals surface area contributed by atoms with Crippen molar-refractivity contribution in [1.29, 1.82) is 0 Å². The topological polar surface area (TPSA) is 29.1 Å². The first kappa shape index (κ1) is 11.2. The van der Waals surface area contributed by atoms with Gasteiger partial charge in [0.05, 0.1) is 0 Å². The minimum Gasteiger partial charge on any atom is -0.349 e. The molecule has 16 heavy (non-hydrogen) atoms. The van der Waals surface area contributed by atoms with Gasteiger partial charge in [0.25, 0.3) is 5.91 Å². The molecule has 0 heterocycles. The van der Waals surface area contributed by atoms with Crippen molar-refractivity contribution in [3.63, 3.8) is 0 Å². The lowest BCUT2D eigenvalue weighted by molar-refractivity contribution is 0.0921. The summed E-state index contributed by atoms with van der Waals surface area (Å²) in [6, 6.07) is 9.83. The molecule has 1 N–H and O–H groups in total. The second-order valence-corrected chi connectivity index (χ2v) is 4.81. The Kier molecular flexibility index (Phi) is 3.60. The lowest BCUT2D eigenvalue weighted by atomic mass is 9.87. The van der Waals surface area contributed by atoms with Gasteiger partial charge in [-0.15, -0.1) is 0 Å². The molecule has 0 radical (unpaired) electrons. The minimum absolute atomic E-state index is 0.0692. The van der Waals surface area contributed by atoms with Crippen LogP contribution < -0.4 is 5.32 Å². The summed E-state index contributed by atoms with van der Waals surface area (Å²) in [4.78, 5) is 11.9. The first-order valence-corrected chi connectivity index (χ1v) is 6.11. The Hall–Kier alpha value is -1.31. The van der Waals surface area contributed by atoms with Gasteiger partial charge in [-0.1, -0.05) is 38.0 Å². The molecule has 0 bridgehead atoms. The van der Waals surface area contributed by atoms with Gasteiger partial charge in [0, 0.05) is 11.6 Å². The zero-order chi connectivity index (χ0) is 11.4. The maximum Gasteiger partial charge on any atom is 0.251 e. The second-order valence-electron chi connectivity index (χ2n) is 4.81. The summed E-state index contributed by atoms with van der Waals surface area (Å²) in [5, 5.41) is 3.13. The summed E-state index contributed by atoms with van der Waals surface area (Å²) in [5.74, 6) is 0.814. The number of hydrogen-bond acceptors (Lipinski definition) is 1. The van der Waals surface area contributed by atoms with E-state index >= 15 is 0 Å². The normalized spacial score (nSPS) is 25.1. The highest BCUT2D eigenvalue weighted by Crippen LogP contribution is 2.23. The Morgan fingerprint density at radius 2 is 2.00 bits per heavy atom. The molecule has 0 aromatic heterocycles. The molecule has 2 nitrogen and oxygen atoms in total. The summed E-state index contributed by atoms with van der Waals surface area (Å²) in [6.07, 6.45) is 4.79. The van der Waals surface area contributed by atoms with E-state index in [1.165, 1.54) is 12.8 Å². The van der Waals surface area contributed by atoms with Gasteiger partial charge in [-0.05, 0) is 30.9 Å². The van der Waals surface area contributed by atoms with Crippen LogP contribution in [0.4, 0.5) is 0 Å². The Morgan fingerprint density at radius 3 is 2.69 bits per heavy atom. The third kappa shape index (κ3) is 2.84. The van der Waals surface area contributed by atoms with Crippen LogP contribution in [0.1, 0.15) is 43.0 Å². The highest BCUT2D eigenvalue weighted by Gasteiger charge is 2.20. The van der Waals surface area contributed by atoms with Crippen LogP contribution in [0.25, 0.3) is 0 Å². The number of carbonyl (C=O) groups is 1. The molecule has 1 amide bonds. The van der Waals surface area contributed by atoms with Gasteiger partial charge in [-0.3, -0.25) is 4.79 Å². The third-order valence-electron chi connectivity index (χ3n) is 3.31. The van der Waals surface area contributed by atoms with Crippen LogP contribution in [0.15, 0.2) is 30.3 Å². The van der Waals surface area contributed by atoms with E-state index in [0.29, 0.717) is 6.04 Å². The first-order valence-electron chi connectivity index (χ1n) is 6.11. The van der Waals surface area contributed by atoms with Crippen LogP contribution in [-0.4, -0.2) is 11.9 Å². The number of rotatable bonds is 2. The average Bonchev–Trinajstić information content (AvgIpc) is 2.30. The summed E-state index contributed by atoms with van der Waals surface area (Å²) in [6.45, 7) is 2.26. The number of nitrogens with one attached hydrogen (secondary N) is 1. The molecule has 1 aliphatic carbocycles. The highest BCUT2D eigenvalue weighted by molar-refractivity contribution is 5.94. The monoisotopic (exact) mass is 217 g/mol. The molecule has 1 saturated carbocycles. The van der Waals surface area contributed by atoms with Crippen molar-refractivity contribution in [2.45, 2.75) is 38.6 Å². The van der Waals surface area contributed by atoms with Crippen molar-refractivity contribution in [1.82, 2.24) is 5.32 Å². The molecule has 1 aliphatic rings. The molecular weight excluding hydrogens is 198 g/mol. The Labute approximate surface area is 97.1 Å². The van der Waals surface area contributed by atoms with Gasteiger partial charge in [-0.25, -0.2) is 0 Å². The van der Waals surface area contributed by atoms with E-state index in [-0.39, 0.29) is 5.91 Å². The molecule has 2 heteroatoms. The van der Waals surface area contributed by atoms with Crippen molar-refractivity contribution < 1.29 is 4.79 Å². The van der Waals surface area contributed by atoms with Crippen LogP contribution in [0.3, 0.4) is 0 Å². The summed E-state index contributed by atoms with van der Waals surface area (Å²) >= 11 is 0. The van der Waals surface area contributed by atoms with Gasteiger partial charge in [0.1, 0.15) is 0 Å². The van der Waals surface area contributed by atoms with Crippen LogP contribution >= 0.6 is 0 Å². The molecular formula is C14H19NO. The van der Waals surface area contributed by atoms with E-state index < -0.39 is 0 Å². The Bertz CT molecular complexity index is 347. The van der Waals surface area contributed by atoms with E-state index in [4.69, 9.17) is 0 Å². The predicted molar refractivity (Wildman–Crippen MR) is 65.3 cm³/mol. The molecule has 2 rings (SSSR count). The summed E-state index contributed by atoms with van der Waals surface area (Å²) in [5.41, 5.74) is 0.765. The highest BCUT2D eigenvalue weighted by atomic mass is 16.1. The zero-order valence-electron chi connectivity index (χ0n) is 9.78. The SMILES string of the molecule is C[C@@H]1CCC[C@H](NC(=O)c2ccccc2)C1. The fraction of sp³-hybridized carbons (Fsp3) is 0.500. The summed E-state index contributed by atoms with van der Waals surface area (Å²) in [7, 11) is 0. The quantitative estimate of drug-likeness (QED) is 0.810. The lowest BCUT2D eigenvalue weighted by Gasteiger charge is -2.27. The van der Waals surface area contributed by atoms with Crippen molar-refractivity contribution in [2.75, 3.05) is 0 Å². The smallest absolute Gasteiger partial charge is 0.251 e. The van der Waals surface area contributed by atoms with Crippen LogP contribution in [0.5, 0.6) is 0 Å². The van der Waals surface area contributed by atoms with Crippen molar-refractivity contribution in [2.24, 2.45) is 5.92 Å². The molecule has 0 saturated heterocycles. The van der Waals surface area contributed by atoms with E-state index in [1.54, 1.807) is 0 Å². The van der Waals surface area contributed by atoms with Crippen molar-refractivity contribution >= 4 is 5.91 Å². The zero-order valence-corrected chi connectivity index (χ0v) is 9.78. The number of carbonyl (C=O) groups excluding carboxylic acids is 1. The number of benzene rings is 1. The Balaban J connectivity index is 1.92. The first-order chi connectivity index (χ1) is 7.75. The van der Waals surface area contributed by atoms with Crippen LogP contribution in [0.2, 0.25) is 0 Å². The molecule has 2 atom stereocenters. The van der Waals surface area contributed by atoms with Gasteiger partial charge in [-0.2, -0.15) is 0 Å². The third-order valence-corrected chi connectivity index (χ3v) is 3.31. The summed E-state index contributed by atoms with van der Waals surface area (Å²) < 4.78 is 0. The van der Waals surface area contributed by atoms with Crippen LogP contribution in [-0.2, 0) is 0 Å². The van der Waals surface area contributed by atoms with Gasteiger partial charge < -0.3 is 5.32 Å². The van der Waals surface area contributed by atoms with E-state index in [0.717, 1.165) is 24.3 Å². The van der Waals surface area contributed by atoms with Crippen molar-refractivity contribution in [3.8, 4) is 0 Å². The van der Waals surface area contributed by atoms with E-state index in [9.17, 15) is 4.79 Å². The van der Waals surface area contributed by atoms with Gasteiger partial charge in [0.2, 0.25) is 0 Å². The maximum atomic E-state index is 11.9. The van der Waals surface area contributed by atoms with Gasteiger partial charge in [0.15, 0.2) is 0 Å². The van der Waals surface area contributed by atoms with Crippen LogP contribution in [0, 0.1) is 5.92 Å². The van der Waals surface area contributed by atoms with E-state index in [2.05, 4.69) is 12.2 Å². The lowest BCUT2D eigenvalue weighted by Crippen LogP contribution is -2.37. The molecule has 0 unspecified atom stereocenters. The Morgan fingerprint density at radius 1 is 1.25 bits per heavy atom. The fourth-order valence-electron chi connectivity index (χ4n) is 2.42. The molecule has 1 aromatic carbocycles. The molecule has 0 aliphatic heterocycles. The molecule has 86 valence electrons. The average molecular weight is 217 g/mol. The molecule has 0 spiro atoms. The second kappa shape index (κ2) is 5.15. The van der Waals surface area contributed by atoms with Gasteiger partial charge >= 0.3 is 0 Å². The predicted octanol–water partition coefficient (Wildman–Crippen LogP) is 3.00. The van der Waals surface area contributed by atoms with E-state index in [1.807, 2.05) is 30.3 Å². The molecule has 1 aromatic rings. The van der Waals surface area contributed by atoms with Crippen molar-refractivity contribution in [3.05, 3.63) is 35.9 Å². The standard InChI is InChI=1S/C14H19NO/c1-11-6-5-9-13(10-11)15-14(16)12-7-3-2-4-8-12/h2-4,7-8,11,13H,5-6,9-10H2,1H3,(H,15,16)/t11-,13+/m1/s1. The fourth-order valence-corrected chi connectivity index (χ4v) is 2.42. The number of hydrogen-bond donors (Lipinski definition) is 1. The molecule has 1 fully saturated rings. The largest absolute Gasteiger partial charge is 0.349 e. The maximum absolute atomic E-state index is 11.9. The number of amides is 1.